The molecule has 1 aliphatic rings. The number of aromatic nitrogens is 2. The number of hydrogen-bond acceptors (Lipinski definition) is 1. The van der Waals surface area contributed by atoms with Crippen molar-refractivity contribution in [2.75, 3.05) is 0 Å². The SMILES string of the molecule is Cc1ncc(C(C)C2CCCC(C)C2)[nH]1. The van der Waals surface area contributed by atoms with Gasteiger partial charge in [0.15, 0.2) is 0 Å². The van der Waals surface area contributed by atoms with Gasteiger partial charge in [-0.25, -0.2) is 4.98 Å². The molecule has 2 rings (SSSR count). The van der Waals surface area contributed by atoms with E-state index < -0.39 is 0 Å². The van der Waals surface area contributed by atoms with Crippen LogP contribution in [0.4, 0.5) is 0 Å². The second kappa shape index (κ2) is 4.38. The summed E-state index contributed by atoms with van der Waals surface area (Å²) in [6.07, 6.45) is 7.62. The van der Waals surface area contributed by atoms with Gasteiger partial charge in [-0.05, 0) is 31.6 Å². The summed E-state index contributed by atoms with van der Waals surface area (Å²) in [6.45, 7) is 6.76. The van der Waals surface area contributed by atoms with Gasteiger partial charge in [-0.15, -0.1) is 0 Å². The van der Waals surface area contributed by atoms with Gasteiger partial charge in [0.25, 0.3) is 0 Å². The zero-order valence-electron chi connectivity index (χ0n) is 10.1. The second-order valence-corrected chi connectivity index (χ2v) is 5.24. The van der Waals surface area contributed by atoms with Crippen LogP contribution in [0.5, 0.6) is 0 Å². The third-order valence-corrected chi connectivity index (χ3v) is 3.90. The van der Waals surface area contributed by atoms with Crippen molar-refractivity contribution in [2.45, 2.75) is 52.4 Å². The molecule has 0 bridgehead atoms. The second-order valence-electron chi connectivity index (χ2n) is 5.24. The van der Waals surface area contributed by atoms with Crippen molar-refractivity contribution >= 4 is 0 Å². The van der Waals surface area contributed by atoms with Crippen molar-refractivity contribution in [1.29, 1.82) is 0 Å². The lowest BCUT2D eigenvalue weighted by atomic mass is 9.75. The Morgan fingerprint density at radius 1 is 1.47 bits per heavy atom. The summed E-state index contributed by atoms with van der Waals surface area (Å²) < 4.78 is 0. The number of aromatic amines is 1. The molecule has 2 nitrogen and oxygen atoms in total. The lowest BCUT2D eigenvalue weighted by molar-refractivity contribution is 0.251. The Morgan fingerprint density at radius 2 is 2.27 bits per heavy atom. The van der Waals surface area contributed by atoms with Gasteiger partial charge >= 0.3 is 0 Å². The molecule has 1 aromatic rings. The van der Waals surface area contributed by atoms with Crippen LogP contribution in [-0.2, 0) is 0 Å². The molecule has 0 saturated heterocycles. The fourth-order valence-corrected chi connectivity index (χ4v) is 2.86. The number of H-pyrrole nitrogens is 1. The van der Waals surface area contributed by atoms with Gasteiger partial charge in [-0.1, -0.05) is 26.7 Å². The van der Waals surface area contributed by atoms with E-state index in [4.69, 9.17) is 0 Å². The first-order valence-corrected chi connectivity index (χ1v) is 6.18. The van der Waals surface area contributed by atoms with Crippen molar-refractivity contribution < 1.29 is 0 Å². The van der Waals surface area contributed by atoms with Crippen LogP contribution in [0.1, 0.15) is 57.0 Å². The highest BCUT2D eigenvalue weighted by Gasteiger charge is 2.25. The Kier molecular flexibility index (Phi) is 3.13. The Hall–Kier alpha value is -0.790. The van der Waals surface area contributed by atoms with Gasteiger partial charge < -0.3 is 4.98 Å². The maximum Gasteiger partial charge on any atom is 0.103 e. The topological polar surface area (TPSA) is 28.7 Å². The Morgan fingerprint density at radius 3 is 2.87 bits per heavy atom. The van der Waals surface area contributed by atoms with E-state index in [1.807, 2.05) is 13.1 Å². The summed E-state index contributed by atoms with van der Waals surface area (Å²) in [5, 5.41) is 0. The molecule has 0 radical (unpaired) electrons. The monoisotopic (exact) mass is 206 g/mol. The maximum atomic E-state index is 4.30. The number of hydrogen-bond donors (Lipinski definition) is 1. The summed E-state index contributed by atoms with van der Waals surface area (Å²) in [5.74, 6) is 3.46. The summed E-state index contributed by atoms with van der Waals surface area (Å²) in [5.41, 5.74) is 1.33. The van der Waals surface area contributed by atoms with E-state index in [0.717, 1.165) is 17.7 Å². The summed E-state index contributed by atoms with van der Waals surface area (Å²) >= 11 is 0. The molecular formula is C13H22N2. The first-order valence-electron chi connectivity index (χ1n) is 6.18. The van der Waals surface area contributed by atoms with Crippen molar-refractivity contribution in [3.63, 3.8) is 0 Å². The normalized spacial score (nSPS) is 29.0. The molecule has 0 aliphatic heterocycles. The van der Waals surface area contributed by atoms with Crippen LogP contribution >= 0.6 is 0 Å². The molecule has 1 fully saturated rings. The van der Waals surface area contributed by atoms with Gasteiger partial charge in [0.05, 0.1) is 0 Å². The lowest BCUT2D eigenvalue weighted by Gasteiger charge is -2.30. The molecular weight excluding hydrogens is 184 g/mol. The highest BCUT2D eigenvalue weighted by atomic mass is 14.9. The van der Waals surface area contributed by atoms with Crippen molar-refractivity contribution in [3.05, 3.63) is 17.7 Å². The van der Waals surface area contributed by atoms with E-state index in [1.54, 1.807) is 0 Å². The molecule has 0 aromatic carbocycles. The molecule has 3 atom stereocenters. The molecule has 2 heteroatoms. The zero-order chi connectivity index (χ0) is 10.8. The van der Waals surface area contributed by atoms with Crippen LogP contribution in [0.15, 0.2) is 6.20 Å². The Balaban J connectivity index is 2.03. The molecule has 0 spiro atoms. The standard InChI is InChI=1S/C13H22N2/c1-9-5-4-6-12(7-9)10(2)13-8-14-11(3)15-13/h8-10,12H,4-7H2,1-3H3,(H,14,15). The maximum absolute atomic E-state index is 4.30. The van der Waals surface area contributed by atoms with Gasteiger partial charge in [0, 0.05) is 17.8 Å². The molecule has 84 valence electrons. The molecule has 0 amide bonds. The van der Waals surface area contributed by atoms with Gasteiger partial charge in [-0.2, -0.15) is 0 Å². The minimum absolute atomic E-state index is 0.647. The van der Waals surface area contributed by atoms with E-state index in [9.17, 15) is 0 Å². The van der Waals surface area contributed by atoms with Crippen LogP contribution in [0, 0.1) is 18.8 Å². The van der Waals surface area contributed by atoms with E-state index >= 15 is 0 Å². The molecule has 1 aromatic heterocycles. The minimum atomic E-state index is 0.647. The van der Waals surface area contributed by atoms with Gasteiger partial charge in [0.2, 0.25) is 0 Å². The van der Waals surface area contributed by atoms with Crippen LogP contribution in [0.25, 0.3) is 0 Å². The smallest absolute Gasteiger partial charge is 0.103 e. The summed E-state index contributed by atoms with van der Waals surface area (Å²) in [4.78, 5) is 7.67. The highest BCUT2D eigenvalue weighted by molar-refractivity contribution is 5.07. The quantitative estimate of drug-likeness (QED) is 0.786. The third kappa shape index (κ3) is 2.42. The molecule has 15 heavy (non-hydrogen) atoms. The number of nitrogens with zero attached hydrogens (tertiary/aromatic N) is 1. The number of rotatable bonds is 2. The largest absolute Gasteiger partial charge is 0.346 e. The van der Waals surface area contributed by atoms with Crippen LogP contribution in [-0.4, -0.2) is 9.97 Å². The summed E-state index contributed by atoms with van der Waals surface area (Å²) in [7, 11) is 0. The predicted octanol–water partition coefficient (Wildman–Crippen LogP) is 3.65. The van der Waals surface area contributed by atoms with E-state index in [0.29, 0.717) is 5.92 Å². The fourth-order valence-electron chi connectivity index (χ4n) is 2.86. The first-order chi connectivity index (χ1) is 7.16. The molecule has 1 aliphatic carbocycles. The van der Waals surface area contributed by atoms with Crippen molar-refractivity contribution in [2.24, 2.45) is 11.8 Å². The molecule has 3 unspecified atom stereocenters. The van der Waals surface area contributed by atoms with E-state index in [-0.39, 0.29) is 0 Å². The third-order valence-electron chi connectivity index (χ3n) is 3.90. The number of imidazole rings is 1. The zero-order valence-corrected chi connectivity index (χ0v) is 10.1. The average molecular weight is 206 g/mol. The van der Waals surface area contributed by atoms with Crippen molar-refractivity contribution in [3.8, 4) is 0 Å². The Bertz CT molecular complexity index is 316. The van der Waals surface area contributed by atoms with E-state index in [1.165, 1.54) is 31.4 Å². The van der Waals surface area contributed by atoms with E-state index in [2.05, 4.69) is 23.8 Å². The Labute approximate surface area is 92.5 Å². The number of nitrogens with one attached hydrogen (secondary N) is 1. The van der Waals surface area contributed by atoms with Gasteiger partial charge in [-0.3, -0.25) is 0 Å². The van der Waals surface area contributed by atoms with Gasteiger partial charge in [0.1, 0.15) is 5.82 Å². The highest BCUT2D eigenvalue weighted by Crippen LogP contribution is 2.37. The minimum Gasteiger partial charge on any atom is -0.346 e. The van der Waals surface area contributed by atoms with Crippen LogP contribution in [0.2, 0.25) is 0 Å². The molecule has 1 saturated carbocycles. The average Bonchev–Trinajstić information content (AvgIpc) is 2.64. The van der Waals surface area contributed by atoms with Crippen LogP contribution < -0.4 is 0 Å². The molecule has 1 N–H and O–H groups in total. The van der Waals surface area contributed by atoms with Crippen molar-refractivity contribution in [1.82, 2.24) is 9.97 Å². The predicted molar refractivity (Wildman–Crippen MR) is 62.9 cm³/mol. The van der Waals surface area contributed by atoms with Crippen LogP contribution in [0.3, 0.4) is 0 Å². The molecule has 1 heterocycles. The summed E-state index contributed by atoms with van der Waals surface area (Å²) in [6, 6.07) is 0. The number of aryl methyl sites for hydroxylation is 1. The first kappa shape index (κ1) is 10.7. The lowest BCUT2D eigenvalue weighted by Crippen LogP contribution is -2.18. The fraction of sp³-hybridized carbons (Fsp3) is 0.769.